The van der Waals surface area contributed by atoms with E-state index >= 15 is 0 Å². The first-order valence-corrected chi connectivity index (χ1v) is 29.8. The summed E-state index contributed by atoms with van der Waals surface area (Å²) < 4.78 is 115. The van der Waals surface area contributed by atoms with Gasteiger partial charge in [0, 0.05) is 33.1 Å². The first kappa shape index (κ1) is 61.7. The fraction of sp³-hybridized carbons (Fsp3) is 0.568. The van der Waals surface area contributed by atoms with Crippen LogP contribution in [-0.4, -0.2) is 190 Å². The fourth-order valence-corrected chi connectivity index (χ4v) is 13.8. The number of fused-ring (bicyclic) bond motifs is 3. The predicted octanol–water partition coefficient (Wildman–Crippen LogP) is -5.01. The van der Waals surface area contributed by atoms with Crippen LogP contribution in [0.1, 0.15) is 25.1 Å². The molecule has 6 aromatic heterocycles. The van der Waals surface area contributed by atoms with Gasteiger partial charge in [0.1, 0.15) is 42.7 Å². The van der Waals surface area contributed by atoms with Crippen LogP contribution in [0.5, 0.6) is 0 Å². The summed E-state index contributed by atoms with van der Waals surface area (Å²) in [6.07, 6.45) is -15.9. The van der Waals surface area contributed by atoms with E-state index in [-0.39, 0.29) is 58.5 Å². The Labute approximate surface area is 460 Å². The SMILES string of the molecule is COCCNC(=O)CC1[C@@H](O)C(n2c[n+](C)c3c(=O)[nH]c(N)nc32)O[C@@H]1COP(=O)(O)OP(=O)(O)OP(=O)(O)OCC1O[C@@H](n2cnc3c(=O)[nH]c(N)nc32)[C@H](OC)[C@@H]1OP(=O)(O)OC[C@H]1O[C@@H](n2cnc3c(=O)[nH]c(N)nc32)[C@H](O)[C@@H]1O. The van der Waals surface area contributed by atoms with Crippen LogP contribution in [-0.2, 0) is 80.5 Å². The Bertz CT molecular complexity index is 3800. The highest BCUT2D eigenvalue weighted by Crippen LogP contribution is 2.68. The van der Waals surface area contributed by atoms with E-state index in [0.717, 1.165) is 28.9 Å². The van der Waals surface area contributed by atoms with Crippen LogP contribution < -0.4 is 43.8 Å². The highest BCUT2D eigenvalue weighted by molar-refractivity contribution is 7.66. The molecule has 0 bridgehead atoms. The van der Waals surface area contributed by atoms with Crippen LogP contribution in [0.25, 0.3) is 33.5 Å². The Morgan fingerprint density at radius 2 is 1.16 bits per heavy atom. The second kappa shape index (κ2) is 23.9. The summed E-state index contributed by atoms with van der Waals surface area (Å²) in [5, 5.41) is 35.9. The Balaban J connectivity index is 0.885. The Morgan fingerprint density at radius 1 is 0.663 bits per heavy atom. The number of carbonyl (C=O) groups excluding carboxylic acids is 1. The first-order chi connectivity index (χ1) is 39.0. The smallest absolute Gasteiger partial charge is 0.387 e. The van der Waals surface area contributed by atoms with Gasteiger partial charge in [-0.2, -0.15) is 28.1 Å². The number of aliphatic hydroxyl groups is 3. The lowest BCUT2D eigenvalue weighted by atomic mass is 9.94. The van der Waals surface area contributed by atoms with Crippen molar-refractivity contribution in [3.63, 3.8) is 0 Å². The van der Waals surface area contributed by atoms with Crippen molar-refractivity contribution in [2.75, 3.05) is 64.4 Å². The molecule has 6 aromatic rings. The van der Waals surface area contributed by atoms with E-state index in [4.69, 9.17) is 59.0 Å². The van der Waals surface area contributed by atoms with Crippen LogP contribution >= 0.6 is 31.3 Å². The van der Waals surface area contributed by atoms with Crippen molar-refractivity contribution < 1.29 is 113 Å². The zero-order chi connectivity index (χ0) is 60.2. The molecule has 42 nitrogen and oxygen atoms in total. The number of aliphatic hydroxyl groups excluding tert-OH is 3. The molecule has 83 heavy (non-hydrogen) atoms. The van der Waals surface area contributed by atoms with Gasteiger partial charge in [-0.25, -0.2) is 32.8 Å². The van der Waals surface area contributed by atoms with E-state index in [1.165, 1.54) is 29.6 Å². The van der Waals surface area contributed by atoms with Crippen molar-refractivity contribution in [1.29, 1.82) is 0 Å². The van der Waals surface area contributed by atoms with Gasteiger partial charge in [0.15, 0.2) is 34.8 Å². The number of nitrogens with zero attached hydrogens (tertiary/aromatic N) is 9. The van der Waals surface area contributed by atoms with Gasteiger partial charge >= 0.3 is 36.9 Å². The number of methoxy groups -OCH3 is 2. The minimum atomic E-state index is -6.29. The number of imidazole rings is 3. The molecular formula is C37H53N16O26P4+. The maximum Gasteiger partial charge on any atom is 0.490 e. The van der Waals surface area contributed by atoms with Crippen molar-refractivity contribution in [1.82, 2.24) is 58.9 Å². The van der Waals surface area contributed by atoms with Crippen LogP contribution in [0.2, 0.25) is 0 Å². The molecular weight excluding hydrogens is 1210 g/mol. The van der Waals surface area contributed by atoms with Gasteiger partial charge in [-0.3, -0.25) is 61.4 Å². The Morgan fingerprint density at radius 3 is 1.73 bits per heavy atom. The standard InChI is InChI=1S/C37H52N16O26P4/c1-50-12-53(28-20(50)31(60)49-37(40)46-28)32-21(55)13(6-17(54)41-4-5-69-2)14(74-32)7-72-81(63,64)78-83(67,68)79-82(65,66)73-9-16-24(25(70-3)34(76-16)52-11-43-19-27(52)45-36(39)48-30(19)59)77-80(61,62)71-8-15-22(56)23(57)33(75-15)51-10-42-18-26(51)44-35(38)47-29(18)58/h10-16,21-25,32-34,55-57H,4-9H2,1-3H3,(H13-,38,39,40,41,44,45,46,47,48,49,54,58,59,60,61,62,63,64,65,66,67,68)/p+1/t13?,14-,15-,16?,21-,22-,23-,24-,25-,32?,33-,34-/m1/s1. The van der Waals surface area contributed by atoms with E-state index in [2.05, 4.69) is 53.8 Å². The van der Waals surface area contributed by atoms with Crippen molar-refractivity contribution in [2.45, 2.75) is 73.9 Å². The lowest BCUT2D eigenvalue weighted by molar-refractivity contribution is -0.646. The number of amides is 1. The monoisotopic (exact) mass is 1260 g/mol. The van der Waals surface area contributed by atoms with Crippen molar-refractivity contribution in [3.8, 4) is 0 Å². The maximum absolute atomic E-state index is 13.8. The summed E-state index contributed by atoms with van der Waals surface area (Å²) in [4.78, 5) is 121. The Hall–Kier alpha value is -5.88. The predicted molar refractivity (Wildman–Crippen MR) is 269 cm³/mol. The molecule has 0 spiro atoms. The molecule has 3 fully saturated rings. The molecule has 16 atom stereocenters. The number of aromatic amines is 3. The number of phosphoric ester groups is 3. The molecule has 17 N–H and O–H groups in total. The number of anilines is 3. The molecule has 3 aliphatic heterocycles. The Kier molecular flexibility index (Phi) is 17.7. The number of H-pyrrole nitrogens is 3. The second-order valence-electron chi connectivity index (χ2n) is 18.4. The third-order valence-electron chi connectivity index (χ3n) is 12.9. The molecule has 0 saturated carbocycles. The number of nitrogens with two attached hydrogens (primary N) is 3. The largest absolute Gasteiger partial charge is 0.490 e. The average Bonchev–Trinajstić information content (AvgIpc) is 4.39. The van der Waals surface area contributed by atoms with Gasteiger partial charge in [-0.05, 0) is 0 Å². The summed E-state index contributed by atoms with van der Waals surface area (Å²) in [5.74, 6) is -3.03. The van der Waals surface area contributed by atoms with Gasteiger partial charge in [-0.15, -0.1) is 0 Å². The van der Waals surface area contributed by atoms with Crippen molar-refractivity contribution in [2.24, 2.45) is 13.0 Å². The summed E-state index contributed by atoms with van der Waals surface area (Å²) in [7, 11) is -19.9. The fourth-order valence-electron chi connectivity index (χ4n) is 9.28. The van der Waals surface area contributed by atoms with Crippen LogP contribution in [0.4, 0.5) is 17.8 Å². The van der Waals surface area contributed by atoms with Crippen molar-refractivity contribution >= 4 is 88.5 Å². The summed E-state index contributed by atoms with van der Waals surface area (Å²) in [6.45, 7) is -3.34. The molecule has 46 heteroatoms. The lowest BCUT2D eigenvalue weighted by Gasteiger charge is -2.26. The molecule has 3 aliphatic rings. The summed E-state index contributed by atoms with van der Waals surface area (Å²) in [6, 6.07) is 0. The summed E-state index contributed by atoms with van der Waals surface area (Å²) in [5.41, 5.74) is 13.8. The quantitative estimate of drug-likeness (QED) is 0.0153. The number of phosphoric acid groups is 4. The molecule has 3 saturated heterocycles. The van der Waals surface area contributed by atoms with Crippen molar-refractivity contribution in [3.05, 3.63) is 50.0 Å². The zero-order valence-electron chi connectivity index (χ0n) is 42.8. The number of aryl methyl sites for hydroxylation is 1. The molecule has 9 rings (SSSR count). The van der Waals surface area contributed by atoms with Gasteiger partial charge in [-0.1, -0.05) is 0 Å². The molecule has 0 aromatic carbocycles. The van der Waals surface area contributed by atoms with Gasteiger partial charge < -0.3 is 81.1 Å². The number of rotatable bonds is 24. The van der Waals surface area contributed by atoms with Crippen LogP contribution in [0.3, 0.4) is 0 Å². The molecule has 0 aliphatic carbocycles. The summed E-state index contributed by atoms with van der Waals surface area (Å²) >= 11 is 0. The van der Waals surface area contributed by atoms with Gasteiger partial charge in [0.05, 0.1) is 52.2 Å². The van der Waals surface area contributed by atoms with E-state index in [0.29, 0.717) is 0 Å². The third-order valence-corrected chi connectivity index (χ3v) is 18.1. The molecule has 1 amide bonds. The number of nitrogen functional groups attached to an aromatic ring is 3. The highest BCUT2D eigenvalue weighted by Gasteiger charge is 2.54. The third kappa shape index (κ3) is 13.2. The van der Waals surface area contributed by atoms with Crippen LogP contribution in [0.15, 0.2) is 33.4 Å². The van der Waals surface area contributed by atoms with Gasteiger partial charge in [0.2, 0.25) is 36.3 Å². The number of hydrogen-bond acceptors (Lipinski definition) is 30. The lowest BCUT2D eigenvalue weighted by Crippen LogP contribution is -2.38. The number of ether oxygens (including phenoxy) is 5. The molecule has 456 valence electrons. The average molecular weight is 1260 g/mol. The maximum atomic E-state index is 13.8. The normalized spacial score (nSPS) is 28.6. The molecule has 7 unspecified atom stereocenters. The zero-order valence-corrected chi connectivity index (χ0v) is 46.4. The van der Waals surface area contributed by atoms with E-state index in [9.17, 15) is 72.3 Å². The minimum absolute atomic E-state index is 0.0280. The minimum Gasteiger partial charge on any atom is -0.387 e. The van der Waals surface area contributed by atoms with Crippen LogP contribution in [0, 0.1) is 5.92 Å². The molecule has 0 radical (unpaired) electrons. The number of aromatic nitrogens is 12. The molecule has 9 heterocycles. The van der Waals surface area contributed by atoms with E-state index in [1.54, 1.807) is 0 Å². The van der Waals surface area contributed by atoms with E-state index in [1.807, 2.05) is 0 Å². The van der Waals surface area contributed by atoms with Gasteiger partial charge in [0.25, 0.3) is 22.3 Å². The number of nitrogens with one attached hydrogen (secondary N) is 4. The number of hydrogen-bond donors (Lipinski definition) is 14. The topological polar surface area (TPSA) is 600 Å². The van der Waals surface area contributed by atoms with E-state index < -0.39 is 159 Å². The highest BCUT2D eigenvalue weighted by atomic mass is 31.3. The second-order valence-corrected chi connectivity index (χ2v) is 24.4. The first-order valence-electron chi connectivity index (χ1n) is 23.8. The number of carbonyl (C=O) groups is 1.